The number of anilines is 1. The highest BCUT2D eigenvalue weighted by molar-refractivity contribution is 7.13. The monoisotopic (exact) mass is 590 g/mol. The second kappa shape index (κ2) is 13.8. The number of benzene rings is 2. The summed E-state index contributed by atoms with van der Waals surface area (Å²) in [7, 11) is 2.15. The number of likely N-dealkylation sites (N-methyl/N-ethyl adjacent to an activating group) is 1. The first kappa shape index (κ1) is 30.2. The van der Waals surface area contributed by atoms with Crippen LogP contribution < -0.4 is 10.1 Å². The quantitative estimate of drug-likeness (QED) is 0.327. The van der Waals surface area contributed by atoms with Gasteiger partial charge in [-0.25, -0.2) is 4.98 Å². The van der Waals surface area contributed by atoms with Crippen molar-refractivity contribution in [3.8, 4) is 16.3 Å². The number of nitrogens with zero attached hydrogens (tertiary/aromatic N) is 3. The fraction of sp³-hybridized carbons (Fsp3) is 0.485. The number of aliphatic hydroxyl groups excluding tert-OH is 1. The summed E-state index contributed by atoms with van der Waals surface area (Å²) in [4.78, 5) is 35.6. The van der Waals surface area contributed by atoms with Crippen LogP contribution in [0, 0.1) is 11.8 Å². The maximum absolute atomic E-state index is 13.8. The van der Waals surface area contributed by atoms with E-state index in [1.807, 2.05) is 24.4 Å². The Morgan fingerprint density at radius 3 is 2.62 bits per heavy atom. The molecule has 2 aliphatic rings. The molecule has 0 bridgehead atoms. The van der Waals surface area contributed by atoms with Crippen molar-refractivity contribution in [1.29, 1.82) is 0 Å². The van der Waals surface area contributed by atoms with Gasteiger partial charge in [-0.1, -0.05) is 44.4 Å². The Labute approximate surface area is 252 Å². The first-order chi connectivity index (χ1) is 20.3. The SMILES string of the molecule is C[C@@H]1CN([C@@H](C)CO)C(=O)c2cccc(NC(=O)c3ccc(-c4nccs4)cc3)c2O[C@H]1CN(C)CC1CCCCC1. The lowest BCUT2D eigenvalue weighted by molar-refractivity contribution is 0.0332. The van der Waals surface area contributed by atoms with Crippen LogP contribution in [0.4, 0.5) is 5.69 Å². The summed E-state index contributed by atoms with van der Waals surface area (Å²) in [5, 5.41) is 15.8. The molecule has 3 atom stereocenters. The molecule has 0 spiro atoms. The van der Waals surface area contributed by atoms with Crippen molar-refractivity contribution in [1.82, 2.24) is 14.8 Å². The van der Waals surface area contributed by atoms with Crippen LogP contribution in [0.3, 0.4) is 0 Å². The maximum Gasteiger partial charge on any atom is 0.258 e. The maximum atomic E-state index is 13.8. The second-order valence-electron chi connectivity index (χ2n) is 11.9. The molecule has 8 nitrogen and oxygen atoms in total. The van der Waals surface area contributed by atoms with Gasteiger partial charge in [-0.3, -0.25) is 9.59 Å². The first-order valence-corrected chi connectivity index (χ1v) is 15.9. The minimum atomic E-state index is -0.346. The van der Waals surface area contributed by atoms with Crippen LogP contribution in [0.1, 0.15) is 66.7 Å². The number of amides is 2. The van der Waals surface area contributed by atoms with Crippen molar-refractivity contribution in [3.05, 3.63) is 65.2 Å². The van der Waals surface area contributed by atoms with Crippen LogP contribution in [-0.4, -0.2) is 77.1 Å². The molecular formula is C33H42N4O4S. The molecule has 1 aromatic heterocycles. The Balaban J connectivity index is 1.41. The Morgan fingerprint density at radius 2 is 1.93 bits per heavy atom. The fourth-order valence-corrected chi connectivity index (χ4v) is 6.72. The predicted octanol–water partition coefficient (Wildman–Crippen LogP) is 5.79. The van der Waals surface area contributed by atoms with Crippen LogP contribution in [0.2, 0.25) is 0 Å². The fourth-order valence-electron chi connectivity index (χ4n) is 6.08. The topological polar surface area (TPSA) is 95.0 Å². The van der Waals surface area contributed by atoms with Gasteiger partial charge in [0, 0.05) is 48.3 Å². The van der Waals surface area contributed by atoms with Gasteiger partial charge in [0.05, 0.1) is 23.9 Å². The first-order valence-electron chi connectivity index (χ1n) is 15.0. The zero-order valence-electron chi connectivity index (χ0n) is 24.8. The molecule has 2 heterocycles. The van der Waals surface area contributed by atoms with E-state index in [0.717, 1.165) is 17.1 Å². The molecular weight excluding hydrogens is 548 g/mol. The highest BCUT2D eigenvalue weighted by atomic mass is 32.1. The molecule has 9 heteroatoms. The van der Waals surface area contributed by atoms with E-state index in [1.54, 1.807) is 52.8 Å². The summed E-state index contributed by atoms with van der Waals surface area (Å²) < 4.78 is 6.70. The van der Waals surface area contributed by atoms with Gasteiger partial charge in [-0.05, 0) is 57.0 Å². The zero-order valence-corrected chi connectivity index (χ0v) is 25.6. The molecule has 42 heavy (non-hydrogen) atoms. The molecule has 3 aromatic rings. The predicted molar refractivity (Wildman–Crippen MR) is 167 cm³/mol. The van der Waals surface area contributed by atoms with Crippen LogP contribution in [0.5, 0.6) is 5.75 Å². The van der Waals surface area contributed by atoms with E-state index in [4.69, 9.17) is 4.74 Å². The minimum Gasteiger partial charge on any atom is -0.486 e. The molecule has 0 saturated heterocycles. The molecule has 2 amide bonds. The van der Waals surface area contributed by atoms with Gasteiger partial charge < -0.3 is 25.0 Å². The molecule has 0 radical (unpaired) electrons. The third-order valence-electron chi connectivity index (χ3n) is 8.55. The Hall–Kier alpha value is -3.27. The normalized spacial score (nSPS) is 20.4. The Bertz CT molecular complexity index is 1340. The summed E-state index contributed by atoms with van der Waals surface area (Å²) in [5.74, 6) is 0.590. The number of para-hydroxylation sites is 1. The van der Waals surface area contributed by atoms with Gasteiger partial charge in [-0.2, -0.15) is 0 Å². The van der Waals surface area contributed by atoms with Crippen molar-refractivity contribution >= 4 is 28.8 Å². The highest BCUT2D eigenvalue weighted by Crippen LogP contribution is 2.35. The molecule has 0 unspecified atom stereocenters. The number of nitrogens with one attached hydrogen (secondary N) is 1. The second-order valence-corrected chi connectivity index (χ2v) is 12.8. The van der Waals surface area contributed by atoms with Crippen LogP contribution >= 0.6 is 11.3 Å². The van der Waals surface area contributed by atoms with Crippen molar-refractivity contribution in [3.63, 3.8) is 0 Å². The molecule has 1 aliphatic carbocycles. The van der Waals surface area contributed by atoms with Gasteiger partial charge in [0.15, 0.2) is 5.75 Å². The Kier molecular flexibility index (Phi) is 9.92. The van der Waals surface area contributed by atoms with E-state index in [9.17, 15) is 14.7 Å². The van der Waals surface area contributed by atoms with Gasteiger partial charge in [0.1, 0.15) is 11.1 Å². The summed E-state index contributed by atoms with van der Waals surface area (Å²) in [6.07, 6.45) is 8.02. The molecule has 1 fully saturated rings. The lowest BCUT2D eigenvalue weighted by Crippen LogP contribution is -2.50. The molecule has 1 saturated carbocycles. The van der Waals surface area contributed by atoms with E-state index < -0.39 is 0 Å². The van der Waals surface area contributed by atoms with Gasteiger partial charge in [0.2, 0.25) is 0 Å². The average Bonchev–Trinajstić information content (AvgIpc) is 3.55. The van der Waals surface area contributed by atoms with Crippen molar-refractivity contribution in [2.75, 3.05) is 38.6 Å². The number of aromatic nitrogens is 1. The minimum absolute atomic E-state index is 0.00655. The largest absolute Gasteiger partial charge is 0.486 e. The number of aliphatic hydroxyl groups is 1. The number of thiazole rings is 1. The van der Waals surface area contributed by atoms with E-state index in [-0.39, 0.29) is 36.5 Å². The van der Waals surface area contributed by atoms with E-state index >= 15 is 0 Å². The van der Waals surface area contributed by atoms with Gasteiger partial charge >= 0.3 is 0 Å². The van der Waals surface area contributed by atoms with Crippen LogP contribution in [-0.2, 0) is 0 Å². The van der Waals surface area contributed by atoms with Crippen LogP contribution in [0.25, 0.3) is 10.6 Å². The number of hydrogen-bond acceptors (Lipinski definition) is 7. The van der Waals surface area contributed by atoms with E-state index in [1.165, 1.54) is 32.1 Å². The summed E-state index contributed by atoms with van der Waals surface area (Å²) in [6.45, 7) is 6.02. The number of fused-ring (bicyclic) bond motifs is 1. The lowest BCUT2D eigenvalue weighted by atomic mass is 9.89. The van der Waals surface area contributed by atoms with E-state index in [0.29, 0.717) is 41.6 Å². The molecule has 224 valence electrons. The number of hydrogen-bond donors (Lipinski definition) is 2. The highest BCUT2D eigenvalue weighted by Gasteiger charge is 2.35. The van der Waals surface area contributed by atoms with Gasteiger partial charge in [0.25, 0.3) is 11.8 Å². The lowest BCUT2D eigenvalue weighted by Gasteiger charge is -2.39. The number of carbonyl (C=O) groups excluding carboxylic acids is 2. The number of ether oxygens (including phenoxy) is 1. The smallest absolute Gasteiger partial charge is 0.258 e. The number of carbonyl (C=O) groups is 2. The summed E-state index contributed by atoms with van der Waals surface area (Å²) >= 11 is 1.55. The van der Waals surface area contributed by atoms with Crippen molar-refractivity contribution < 1.29 is 19.4 Å². The van der Waals surface area contributed by atoms with Crippen LogP contribution in [0.15, 0.2) is 54.0 Å². The third-order valence-corrected chi connectivity index (χ3v) is 9.37. The van der Waals surface area contributed by atoms with Crippen molar-refractivity contribution in [2.24, 2.45) is 11.8 Å². The summed E-state index contributed by atoms with van der Waals surface area (Å²) in [6, 6.07) is 12.3. The molecule has 2 N–H and O–H groups in total. The van der Waals surface area contributed by atoms with Gasteiger partial charge in [-0.15, -0.1) is 11.3 Å². The third kappa shape index (κ3) is 7.02. The van der Waals surface area contributed by atoms with Crippen molar-refractivity contribution in [2.45, 2.75) is 58.1 Å². The standard InChI is InChI=1S/C33H42N4O4S/c1-22-18-37(23(2)21-38)33(40)27-10-7-11-28(30(27)41-29(22)20-36(3)19-24-8-5-4-6-9-24)35-31(39)25-12-14-26(15-13-25)32-34-16-17-42-32/h7,10-17,22-24,29,38H,4-6,8-9,18-21H2,1-3H3,(H,35,39)/t22-,23+,29+/m1/s1. The zero-order chi connectivity index (χ0) is 29.6. The molecule has 5 rings (SSSR count). The van der Waals surface area contributed by atoms with E-state index in [2.05, 4.69) is 29.2 Å². The Morgan fingerprint density at radius 1 is 1.17 bits per heavy atom. The number of rotatable bonds is 9. The molecule has 1 aliphatic heterocycles. The molecule has 2 aromatic carbocycles. The average molecular weight is 591 g/mol. The summed E-state index contributed by atoms with van der Waals surface area (Å²) in [5.41, 5.74) is 2.30.